The predicted molar refractivity (Wildman–Crippen MR) is 68.3 cm³/mol. The van der Waals surface area contributed by atoms with E-state index in [0.717, 1.165) is 11.3 Å². The first-order valence-corrected chi connectivity index (χ1v) is 6.19. The van der Waals surface area contributed by atoms with Gasteiger partial charge in [-0.15, -0.1) is 11.3 Å². The molecule has 0 amide bonds. The van der Waals surface area contributed by atoms with Crippen LogP contribution in [0.4, 0.5) is 4.39 Å². The minimum absolute atomic E-state index is 0.0829. The van der Waals surface area contributed by atoms with Gasteiger partial charge in [-0.25, -0.2) is 4.39 Å². The Kier molecular flexibility index (Phi) is 3.41. The number of halogens is 1. The lowest BCUT2D eigenvalue weighted by Gasteiger charge is -2.01. The summed E-state index contributed by atoms with van der Waals surface area (Å²) in [4.78, 5) is 12.5. The van der Waals surface area contributed by atoms with Crippen molar-refractivity contribution >= 4 is 17.1 Å². The molecule has 1 aromatic heterocycles. The fraction of sp³-hybridized carbons (Fsp3) is 0.0714. The van der Waals surface area contributed by atoms with E-state index in [4.69, 9.17) is 10.5 Å². The molecule has 5 heteroatoms. The van der Waals surface area contributed by atoms with Crippen LogP contribution in [0.1, 0.15) is 31.9 Å². The van der Waals surface area contributed by atoms with Crippen LogP contribution in [0, 0.1) is 35.4 Å². The van der Waals surface area contributed by atoms with Crippen LogP contribution in [-0.2, 0) is 0 Å². The van der Waals surface area contributed by atoms with E-state index in [1.54, 1.807) is 6.92 Å². The molecule has 1 aromatic carbocycles. The van der Waals surface area contributed by atoms with Crippen LogP contribution in [0.5, 0.6) is 0 Å². The molecule has 0 fully saturated rings. The molecule has 0 bridgehead atoms. The highest BCUT2D eigenvalue weighted by atomic mass is 32.1. The molecule has 1 heterocycles. The number of carbonyl (C=O) groups excluding carboxylic acids is 1. The normalized spacial score (nSPS) is 9.68. The van der Waals surface area contributed by atoms with E-state index in [1.807, 2.05) is 12.1 Å². The fourth-order valence-electron chi connectivity index (χ4n) is 1.64. The molecule has 0 aliphatic heterocycles. The van der Waals surface area contributed by atoms with Crippen molar-refractivity contribution in [3.8, 4) is 12.1 Å². The Bertz CT molecular complexity index is 750. The highest BCUT2D eigenvalue weighted by molar-refractivity contribution is 7.12. The van der Waals surface area contributed by atoms with E-state index in [9.17, 15) is 9.18 Å². The molecular weight excluding hydrogens is 263 g/mol. The smallest absolute Gasteiger partial charge is 0.204 e. The Hall–Kier alpha value is -2.50. The Morgan fingerprint density at radius 2 is 2.05 bits per heavy atom. The molecule has 0 aliphatic rings. The minimum Gasteiger partial charge on any atom is -0.288 e. The maximum atomic E-state index is 13.2. The summed E-state index contributed by atoms with van der Waals surface area (Å²) < 4.78 is 13.2. The summed E-state index contributed by atoms with van der Waals surface area (Å²) in [7, 11) is 0. The minimum atomic E-state index is -0.388. The van der Waals surface area contributed by atoms with Crippen molar-refractivity contribution in [2.24, 2.45) is 0 Å². The Morgan fingerprint density at radius 3 is 2.63 bits per heavy atom. The van der Waals surface area contributed by atoms with Crippen molar-refractivity contribution in [3.05, 3.63) is 56.5 Å². The third-order valence-corrected chi connectivity index (χ3v) is 3.63. The lowest BCUT2D eigenvalue weighted by atomic mass is 10.0. The number of benzene rings is 1. The van der Waals surface area contributed by atoms with Gasteiger partial charge in [0, 0.05) is 10.9 Å². The SMILES string of the molecule is Cc1cc(C(=O)c2scc(C#N)c2C#N)ccc1F. The molecule has 2 rings (SSSR count). The molecule has 0 N–H and O–H groups in total. The number of nitrogens with zero attached hydrogens (tertiary/aromatic N) is 2. The first-order valence-electron chi connectivity index (χ1n) is 5.31. The maximum absolute atomic E-state index is 13.2. The van der Waals surface area contributed by atoms with Crippen molar-refractivity contribution in [3.63, 3.8) is 0 Å². The standard InChI is InChI=1S/C14H7FN2OS/c1-8-4-9(2-3-12(8)15)13(18)14-11(6-17)10(5-16)7-19-14/h2-4,7H,1H3. The highest BCUT2D eigenvalue weighted by Gasteiger charge is 2.19. The predicted octanol–water partition coefficient (Wildman–Crippen LogP) is 3.17. The van der Waals surface area contributed by atoms with Crippen LogP contribution in [0.3, 0.4) is 0 Å². The highest BCUT2D eigenvalue weighted by Crippen LogP contribution is 2.25. The Labute approximate surface area is 113 Å². The van der Waals surface area contributed by atoms with Gasteiger partial charge >= 0.3 is 0 Å². The molecule has 92 valence electrons. The van der Waals surface area contributed by atoms with Crippen LogP contribution >= 0.6 is 11.3 Å². The monoisotopic (exact) mass is 270 g/mol. The number of hydrogen-bond acceptors (Lipinski definition) is 4. The summed E-state index contributed by atoms with van der Waals surface area (Å²) in [5.41, 5.74) is 0.942. The number of nitriles is 2. The Morgan fingerprint density at radius 1 is 1.32 bits per heavy atom. The maximum Gasteiger partial charge on any atom is 0.204 e. The van der Waals surface area contributed by atoms with Crippen LogP contribution in [0.25, 0.3) is 0 Å². The topological polar surface area (TPSA) is 64.7 Å². The van der Waals surface area contributed by atoms with Crippen LogP contribution in [0.15, 0.2) is 23.6 Å². The van der Waals surface area contributed by atoms with Gasteiger partial charge in [0.2, 0.25) is 5.78 Å². The average molecular weight is 270 g/mol. The van der Waals surface area contributed by atoms with E-state index in [2.05, 4.69) is 0 Å². The summed E-state index contributed by atoms with van der Waals surface area (Å²) in [6.45, 7) is 1.56. The molecule has 0 aliphatic carbocycles. The number of ketones is 1. The average Bonchev–Trinajstić information content (AvgIpc) is 2.83. The van der Waals surface area contributed by atoms with Gasteiger partial charge in [-0.1, -0.05) is 0 Å². The molecule has 2 aromatic rings. The van der Waals surface area contributed by atoms with Gasteiger partial charge in [0.05, 0.1) is 16.0 Å². The number of hydrogen-bond donors (Lipinski definition) is 0. The molecular formula is C14H7FN2OS. The van der Waals surface area contributed by atoms with E-state index in [1.165, 1.54) is 23.6 Å². The molecule has 0 saturated heterocycles. The van der Waals surface area contributed by atoms with Gasteiger partial charge in [-0.3, -0.25) is 4.79 Å². The zero-order valence-electron chi connectivity index (χ0n) is 9.90. The van der Waals surface area contributed by atoms with E-state index >= 15 is 0 Å². The summed E-state index contributed by atoms with van der Waals surface area (Å²) in [5, 5.41) is 19.3. The summed E-state index contributed by atoms with van der Waals surface area (Å²) in [6.07, 6.45) is 0. The molecule has 0 atom stereocenters. The van der Waals surface area contributed by atoms with Gasteiger partial charge < -0.3 is 0 Å². The number of carbonyl (C=O) groups is 1. The number of aryl methyl sites for hydroxylation is 1. The molecule has 0 unspecified atom stereocenters. The van der Waals surface area contributed by atoms with Crippen LogP contribution in [-0.4, -0.2) is 5.78 Å². The van der Waals surface area contributed by atoms with Crippen molar-refractivity contribution in [1.29, 1.82) is 10.5 Å². The quantitative estimate of drug-likeness (QED) is 0.787. The molecule has 3 nitrogen and oxygen atoms in total. The van der Waals surface area contributed by atoms with Crippen molar-refractivity contribution in [2.45, 2.75) is 6.92 Å². The molecule has 0 saturated carbocycles. The van der Waals surface area contributed by atoms with Gasteiger partial charge in [-0.2, -0.15) is 10.5 Å². The number of rotatable bonds is 2. The molecule has 0 spiro atoms. The number of thiophene rings is 1. The van der Waals surface area contributed by atoms with Gasteiger partial charge in [0.25, 0.3) is 0 Å². The third-order valence-electron chi connectivity index (χ3n) is 2.65. The summed E-state index contributed by atoms with van der Waals surface area (Å²) >= 11 is 1.05. The second-order valence-corrected chi connectivity index (χ2v) is 4.75. The van der Waals surface area contributed by atoms with Crippen molar-refractivity contribution < 1.29 is 9.18 Å². The summed E-state index contributed by atoms with van der Waals surface area (Å²) in [6, 6.07) is 7.76. The third kappa shape index (κ3) is 2.24. The first-order chi connectivity index (χ1) is 9.08. The fourth-order valence-corrected chi connectivity index (χ4v) is 2.54. The van der Waals surface area contributed by atoms with E-state index in [0.29, 0.717) is 11.1 Å². The lowest BCUT2D eigenvalue weighted by molar-refractivity contribution is 0.104. The van der Waals surface area contributed by atoms with E-state index < -0.39 is 0 Å². The van der Waals surface area contributed by atoms with Crippen LogP contribution in [0.2, 0.25) is 0 Å². The zero-order valence-corrected chi connectivity index (χ0v) is 10.7. The first kappa shape index (κ1) is 12.9. The van der Waals surface area contributed by atoms with Crippen molar-refractivity contribution in [2.75, 3.05) is 0 Å². The van der Waals surface area contributed by atoms with E-state index in [-0.39, 0.29) is 27.6 Å². The second-order valence-electron chi connectivity index (χ2n) is 3.87. The molecule has 0 radical (unpaired) electrons. The van der Waals surface area contributed by atoms with Crippen molar-refractivity contribution in [1.82, 2.24) is 0 Å². The molecule has 19 heavy (non-hydrogen) atoms. The Balaban J connectivity index is 2.51. The van der Waals surface area contributed by atoms with Gasteiger partial charge in [-0.05, 0) is 30.7 Å². The van der Waals surface area contributed by atoms with Gasteiger partial charge in [0.1, 0.15) is 18.0 Å². The zero-order chi connectivity index (χ0) is 14.0. The van der Waals surface area contributed by atoms with Gasteiger partial charge in [0.15, 0.2) is 0 Å². The largest absolute Gasteiger partial charge is 0.288 e. The van der Waals surface area contributed by atoms with Crippen LogP contribution < -0.4 is 0 Å². The second kappa shape index (κ2) is 5.01. The summed E-state index contributed by atoms with van der Waals surface area (Å²) in [5.74, 6) is -0.757. The lowest BCUT2D eigenvalue weighted by Crippen LogP contribution is -2.02.